The maximum absolute atomic E-state index is 8.82. The van der Waals surface area contributed by atoms with Crippen molar-refractivity contribution in [1.82, 2.24) is 0 Å². The van der Waals surface area contributed by atoms with Crippen molar-refractivity contribution in [3.05, 3.63) is 0 Å². The van der Waals surface area contributed by atoms with Crippen molar-refractivity contribution in [2.24, 2.45) is 0 Å². The van der Waals surface area contributed by atoms with Gasteiger partial charge in [-0.05, 0) is 20.3 Å². The maximum Gasteiger partial charge on any atom is 0.0831 e. The molecule has 5 nitrogen and oxygen atoms in total. The molecule has 16 heavy (non-hydrogen) atoms. The summed E-state index contributed by atoms with van der Waals surface area (Å²) in [4.78, 5) is 0. The molecule has 0 aliphatic rings. The van der Waals surface area contributed by atoms with Crippen LogP contribution in [0.1, 0.15) is 20.3 Å². The van der Waals surface area contributed by atoms with Crippen molar-refractivity contribution in [3.8, 4) is 0 Å². The van der Waals surface area contributed by atoms with Gasteiger partial charge in [-0.3, -0.25) is 0 Å². The average molecular weight is 236 g/mol. The highest BCUT2D eigenvalue weighted by atomic mass is 16.6. The lowest BCUT2D eigenvalue weighted by Crippen LogP contribution is -2.24. The van der Waals surface area contributed by atoms with Crippen molar-refractivity contribution in [2.45, 2.75) is 32.5 Å². The van der Waals surface area contributed by atoms with E-state index in [-0.39, 0.29) is 25.4 Å². The first-order valence-corrected chi connectivity index (χ1v) is 5.73. The number of ether oxygens (including phenoxy) is 3. The van der Waals surface area contributed by atoms with Crippen LogP contribution in [0.25, 0.3) is 0 Å². The van der Waals surface area contributed by atoms with Gasteiger partial charge in [-0.1, -0.05) is 0 Å². The molecule has 0 aromatic carbocycles. The Morgan fingerprint density at radius 2 is 1.62 bits per heavy atom. The molecule has 0 spiro atoms. The second-order valence-corrected chi connectivity index (χ2v) is 3.72. The summed E-state index contributed by atoms with van der Waals surface area (Å²) in [6, 6.07) is 0. The van der Waals surface area contributed by atoms with E-state index in [4.69, 9.17) is 24.4 Å². The summed E-state index contributed by atoms with van der Waals surface area (Å²) >= 11 is 0. The molecule has 5 heteroatoms. The number of hydrogen-bond acceptors (Lipinski definition) is 5. The molecule has 0 aromatic heterocycles. The third-order valence-corrected chi connectivity index (χ3v) is 1.88. The lowest BCUT2D eigenvalue weighted by Gasteiger charge is -2.17. The SMILES string of the molecule is CC(C)OCCOC(CCO)COCCO. The Hall–Kier alpha value is -0.200. The van der Waals surface area contributed by atoms with E-state index in [2.05, 4.69) is 0 Å². The largest absolute Gasteiger partial charge is 0.396 e. The van der Waals surface area contributed by atoms with Gasteiger partial charge in [0.25, 0.3) is 0 Å². The maximum atomic E-state index is 8.82. The molecule has 0 heterocycles. The summed E-state index contributed by atoms with van der Waals surface area (Å²) in [5.74, 6) is 0. The zero-order chi connectivity index (χ0) is 12.2. The Morgan fingerprint density at radius 1 is 0.938 bits per heavy atom. The van der Waals surface area contributed by atoms with Crippen LogP contribution in [0, 0.1) is 0 Å². The highest BCUT2D eigenvalue weighted by Crippen LogP contribution is 2.00. The standard InChI is InChI=1S/C11H24O5/c1-10(2)15-7-8-16-11(3-4-12)9-14-6-5-13/h10-13H,3-9H2,1-2H3. The number of aliphatic hydroxyl groups is 2. The molecular weight excluding hydrogens is 212 g/mol. The van der Waals surface area contributed by atoms with E-state index in [1.165, 1.54) is 0 Å². The number of rotatable bonds is 11. The van der Waals surface area contributed by atoms with Crippen molar-refractivity contribution < 1.29 is 24.4 Å². The third-order valence-electron chi connectivity index (χ3n) is 1.88. The quantitative estimate of drug-likeness (QED) is 0.501. The molecule has 2 N–H and O–H groups in total. The van der Waals surface area contributed by atoms with Crippen LogP contribution in [0.5, 0.6) is 0 Å². The van der Waals surface area contributed by atoms with E-state index in [1.807, 2.05) is 13.8 Å². The summed E-state index contributed by atoms with van der Waals surface area (Å²) in [5, 5.41) is 17.4. The molecule has 0 fully saturated rings. The molecule has 0 aliphatic carbocycles. The minimum Gasteiger partial charge on any atom is -0.396 e. The molecule has 1 unspecified atom stereocenters. The molecule has 0 radical (unpaired) electrons. The third kappa shape index (κ3) is 10.3. The second kappa shape index (κ2) is 11.3. The van der Waals surface area contributed by atoms with Crippen molar-refractivity contribution in [2.75, 3.05) is 39.6 Å². The predicted octanol–water partition coefficient (Wildman–Crippen LogP) is 0.188. The van der Waals surface area contributed by atoms with Crippen LogP contribution in [-0.2, 0) is 14.2 Å². The van der Waals surface area contributed by atoms with Gasteiger partial charge < -0.3 is 24.4 Å². The van der Waals surface area contributed by atoms with Crippen LogP contribution in [0.3, 0.4) is 0 Å². The highest BCUT2D eigenvalue weighted by molar-refractivity contribution is 4.56. The minimum absolute atomic E-state index is 0.00229. The van der Waals surface area contributed by atoms with Crippen molar-refractivity contribution in [1.29, 1.82) is 0 Å². The average Bonchev–Trinajstić information content (AvgIpc) is 2.24. The van der Waals surface area contributed by atoms with Gasteiger partial charge in [-0.25, -0.2) is 0 Å². The van der Waals surface area contributed by atoms with Crippen LogP contribution in [0.2, 0.25) is 0 Å². The Bertz CT molecular complexity index is 140. The first kappa shape index (κ1) is 15.8. The van der Waals surface area contributed by atoms with E-state index in [0.717, 1.165) is 0 Å². The van der Waals surface area contributed by atoms with Crippen LogP contribution in [0.4, 0.5) is 0 Å². The lowest BCUT2D eigenvalue weighted by atomic mass is 10.3. The molecule has 0 aliphatic heterocycles. The summed E-state index contributed by atoms with van der Waals surface area (Å²) < 4.78 is 16.0. The van der Waals surface area contributed by atoms with E-state index in [0.29, 0.717) is 32.8 Å². The zero-order valence-corrected chi connectivity index (χ0v) is 10.2. The van der Waals surface area contributed by atoms with Crippen molar-refractivity contribution >= 4 is 0 Å². The van der Waals surface area contributed by atoms with Gasteiger partial charge in [0.2, 0.25) is 0 Å². The van der Waals surface area contributed by atoms with Crippen molar-refractivity contribution in [3.63, 3.8) is 0 Å². The van der Waals surface area contributed by atoms with Gasteiger partial charge in [-0.2, -0.15) is 0 Å². The minimum atomic E-state index is -0.132. The summed E-state index contributed by atoms with van der Waals surface area (Å²) in [5.41, 5.74) is 0. The smallest absolute Gasteiger partial charge is 0.0831 e. The molecule has 0 saturated carbocycles. The topological polar surface area (TPSA) is 68.2 Å². The predicted molar refractivity (Wildman–Crippen MR) is 60.4 cm³/mol. The van der Waals surface area contributed by atoms with Gasteiger partial charge in [0.15, 0.2) is 0 Å². The van der Waals surface area contributed by atoms with E-state index < -0.39 is 0 Å². The van der Waals surface area contributed by atoms with Crippen LogP contribution in [-0.4, -0.2) is 62.1 Å². The first-order chi connectivity index (χ1) is 7.70. The number of aliphatic hydroxyl groups excluding tert-OH is 2. The Balaban J connectivity index is 3.51. The Kier molecular flexibility index (Phi) is 11.1. The van der Waals surface area contributed by atoms with Gasteiger partial charge in [-0.15, -0.1) is 0 Å². The monoisotopic (exact) mass is 236 g/mol. The Morgan fingerprint density at radius 3 is 2.19 bits per heavy atom. The first-order valence-electron chi connectivity index (χ1n) is 5.73. The normalized spacial score (nSPS) is 13.3. The van der Waals surface area contributed by atoms with E-state index >= 15 is 0 Å². The fourth-order valence-corrected chi connectivity index (χ4v) is 1.14. The molecular formula is C11H24O5. The second-order valence-electron chi connectivity index (χ2n) is 3.72. The van der Waals surface area contributed by atoms with Gasteiger partial charge in [0, 0.05) is 6.61 Å². The fraction of sp³-hybridized carbons (Fsp3) is 1.00. The lowest BCUT2D eigenvalue weighted by molar-refractivity contribution is -0.0568. The van der Waals surface area contributed by atoms with Crippen LogP contribution >= 0.6 is 0 Å². The van der Waals surface area contributed by atoms with E-state index in [1.54, 1.807) is 0 Å². The summed E-state index contributed by atoms with van der Waals surface area (Å²) in [6.45, 7) is 5.73. The van der Waals surface area contributed by atoms with Gasteiger partial charge in [0.1, 0.15) is 0 Å². The molecule has 0 aromatic rings. The molecule has 0 rings (SSSR count). The van der Waals surface area contributed by atoms with E-state index in [9.17, 15) is 0 Å². The van der Waals surface area contributed by atoms with Crippen LogP contribution in [0.15, 0.2) is 0 Å². The summed E-state index contributed by atoms with van der Waals surface area (Å²) in [7, 11) is 0. The summed E-state index contributed by atoms with van der Waals surface area (Å²) in [6.07, 6.45) is 0.602. The van der Waals surface area contributed by atoms with Crippen LogP contribution < -0.4 is 0 Å². The number of hydrogen-bond donors (Lipinski definition) is 2. The van der Waals surface area contributed by atoms with Gasteiger partial charge >= 0.3 is 0 Å². The Labute approximate surface area is 97.3 Å². The molecule has 0 amide bonds. The molecule has 0 saturated heterocycles. The molecule has 1 atom stereocenters. The van der Waals surface area contributed by atoms with Gasteiger partial charge in [0.05, 0.1) is 45.2 Å². The molecule has 98 valence electrons. The fourth-order valence-electron chi connectivity index (χ4n) is 1.14. The molecule has 0 bridgehead atoms. The zero-order valence-electron chi connectivity index (χ0n) is 10.2. The highest BCUT2D eigenvalue weighted by Gasteiger charge is 2.08.